The minimum Gasteiger partial charge on any atom is -0.496 e. The van der Waals surface area contributed by atoms with E-state index in [1.54, 1.807) is 32.4 Å². The van der Waals surface area contributed by atoms with E-state index < -0.39 is 11.7 Å². The monoisotopic (exact) mass is 484 g/mol. The third kappa shape index (κ3) is 4.23. The van der Waals surface area contributed by atoms with Gasteiger partial charge in [-0.05, 0) is 75.2 Å². The molecule has 1 amide bonds. The van der Waals surface area contributed by atoms with Crippen LogP contribution in [0.1, 0.15) is 43.2 Å². The molecule has 0 unspecified atom stereocenters. The number of nitrogens with zero attached hydrogens (tertiary/aromatic N) is 3. The normalized spacial score (nSPS) is 11.3. The van der Waals surface area contributed by atoms with Crippen LogP contribution in [-0.4, -0.2) is 28.4 Å². The van der Waals surface area contributed by atoms with E-state index in [0.717, 1.165) is 27.0 Å². The molecule has 0 fully saturated rings. The molecule has 0 aliphatic carbocycles. The molecule has 2 heterocycles. The van der Waals surface area contributed by atoms with E-state index >= 15 is 0 Å². The number of methoxy groups -OCH3 is 1. The van der Waals surface area contributed by atoms with Crippen LogP contribution in [0.3, 0.4) is 0 Å². The second kappa shape index (κ2) is 8.23. The highest BCUT2D eigenvalue weighted by atomic mass is 79.9. The lowest BCUT2D eigenvalue weighted by Crippen LogP contribution is -2.28. The number of fused-ring (bicyclic) bond motifs is 1. The van der Waals surface area contributed by atoms with E-state index in [4.69, 9.17) is 14.5 Å². The molecule has 3 aromatic rings. The number of hydrogen-bond donors (Lipinski definition) is 1. The predicted octanol–water partition coefficient (Wildman–Crippen LogP) is 5.94. The standard InChI is InChI=1S/C23H25BrN4O3/c1-12-8-9-18(30-7)13(2)19(12)28-20-15(10-17(24)14(3)26-20)16(11-25)21(28)27-22(29)31-23(4,5)6/h8-10H,1-7H3,(H,27,29). The summed E-state index contributed by atoms with van der Waals surface area (Å²) in [7, 11) is 1.61. The summed E-state index contributed by atoms with van der Waals surface area (Å²) >= 11 is 3.50. The second-order valence-corrected chi connectivity index (χ2v) is 9.14. The molecule has 31 heavy (non-hydrogen) atoms. The van der Waals surface area contributed by atoms with Crippen molar-refractivity contribution in [2.24, 2.45) is 0 Å². The fraction of sp³-hybridized carbons (Fsp3) is 0.348. The minimum atomic E-state index is -0.687. The molecule has 7 nitrogen and oxygen atoms in total. The van der Waals surface area contributed by atoms with Gasteiger partial charge in [0.05, 0.1) is 18.5 Å². The van der Waals surface area contributed by atoms with Crippen LogP contribution < -0.4 is 10.1 Å². The van der Waals surface area contributed by atoms with E-state index in [2.05, 4.69) is 27.3 Å². The summed E-state index contributed by atoms with van der Waals surface area (Å²) in [5.41, 5.74) is 3.52. The molecule has 0 radical (unpaired) electrons. The molecule has 0 aliphatic heterocycles. The summed E-state index contributed by atoms with van der Waals surface area (Å²) in [6.07, 6.45) is -0.651. The van der Waals surface area contributed by atoms with Crippen molar-refractivity contribution in [3.05, 3.63) is 45.1 Å². The third-order valence-corrected chi connectivity index (χ3v) is 5.63. The topological polar surface area (TPSA) is 89.2 Å². The lowest BCUT2D eigenvalue weighted by Gasteiger charge is -2.21. The molecular formula is C23H25BrN4O3. The number of aryl methyl sites for hydroxylation is 2. The van der Waals surface area contributed by atoms with E-state index in [1.807, 2.05) is 39.0 Å². The van der Waals surface area contributed by atoms with Gasteiger partial charge in [-0.25, -0.2) is 9.78 Å². The van der Waals surface area contributed by atoms with E-state index in [-0.39, 0.29) is 0 Å². The summed E-state index contributed by atoms with van der Waals surface area (Å²) in [6.45, 7) is 11.1. The number of pyridine rings is 1. The number of benzene rings is 1. The third-order valence-electron chi connectivity index (χ3n) is 4.83. The number of carbonyl (C=O) groups excluding carboxylic acids is 1. The number of nitriles is 1. The molecule has 0 bridgehead atoms. The Labute approximate surface area is 190 Å². The first kappa shape index (κ1) is 22.6. The number of carbonyl (C=O) groups is 1. The highest BCUT2D eigenvalue weighted by Gasteiger charge is 2.26. The fourth-order valence-electron chi connectivity index (χ4n) is 3.50. The Kier molecular flexibility index (Phi) is 6.01. The van der Waals surface area contributed by atoms with Gasteiger partial charge >= 0.3 is 6.09 Å². The first-order valence-corrected chi connectivity index (χ1v) is 10.5. The molecule has 3 rings (SSSR count). The van der Waals surface area contributed by atoms with Gasteiger partial charge in [0.1, 0.15) is 34.4 Å². The van der Waals surface area contributed by atoms with Crippen molar-refractivity contribution < 1.29 is 14.3 Å². The SMILES string of the molecule is COc1ccc(C)c(-n2c(NC(=O)OC(C)(C)C)c(C#N)c3cc(Br)c(C)nc32)c1C. The zero-order valence-electron chi connectivity index (χ0n) is 18.7. The maximum absolute atomic E-state index is 12.7. The number of aromatic nitrogens is 2. The fourth-order valence-corrected chi connectivity index (χ4v) is 3.82. The van der Waals surface area contributed by atoms with Crippen molar-refractivity contribution in [1.82, 2.24) is 9.55 Å². The Morgan fingerprint density at radius 3 is 2.52 bits per heavy atom. The number of anilines is 1. The van der Waals surface area contributed by atoms with Gasteiger partial charge in [-0.3, -0.25) is 9.88 Å². The van der Waals surface area contributed by atoms with Gasteiger partial charge < -0.3 is 9.47 Å². The summed E-state index contributed by atoms with van der Waals surface area (Å²) in [6, 6.07) is 7.90. The van der Waals surface area contributed by atoms with Gasteiger partial charge in [-0.15, -0.1) is 0 Å². The average Bonchev–Trinajstić information content (AvgIpc) is 2.93. The lowest BCUT2D eigenvalue weighted by molar-refractivity contribution is 0.0635. The smallest absolute Gasteiger partial charge is 0.413 e. The van der Waals surface area contributed by atoms with E-state index in [1.165, 1.54) is 0 Å². The molecule has 0 saturated heterocycles. The van der Waals surface area contributed by atoms with Crippen LogP contribution in [0.4, 0.5) is 10.6 Å². The summed E-state index contributed by atoms with van der Waals surface area (Å²) < 4.78 is 13.5. The zero-order chi connectivity index (χ0) is 23.1. The molecule has 0 atom stereocenters. The van der Waals surface area contributed by atoms with Crippen molar-refractivity contribution in [3.63, 3.8) is 0 Å². The average molecular weight is 485 g/mol. The predicted molar refractivity (Wildman–Crippen MR) is 124 cm³/mol. The van der Waals surface area contributed by atoms with Crippen molar-refractivity contribution in [1.29, 1.82) is 5.26 Å². The number of ether oxygens (including phenoxy) is 2. The first-order valence-electron chi connectivity index (χ1n) is 9.74. The molecule has 162 valence electrons. The van der Waals surface area contributed by atoms with Gasteiger partial charge in [0, 0.05) is 15.4 Å². The Hall–Kier alpha value is -3.05. The van der Waals surface area contributed by atoms with Crippen LogP contribution in [0.2, 0.25) is 0 Å². The van der Waals surface area contributed by atoms with Gasteiger partial charge in [0.2, 0.25) is 0 Å². The minimum absolute atomic E-state index is 0.302. The molecule has 2 aromatic heterocycles. The number of amides is 1. The van der Waals surface area contributed by atoms with Gasteiger partial charge in [0.15, 0.2) is 0 Å². The largest absolute Gasteiger partial charge is 0.496 e. The first-order chi connectivity index (χ1) is 14.5. The molecule has 1 aromatic carbocycles. The van der Waals surface area contributed by atoms with Crippen LogP contribution in [0.5, 0.6) is 5.75 Å². The second-order valence-electron chi connectivity index (χ2n) is 8.28. The Morgan fingerprint density at radius 1 is 1.26 bits per heavy atom. The van der Waals surface area contributed by atoms with Crippen molar-refractivity contribution in [2.45, 2.75) is 47.1 Å². The van der Waals surface area contributed by atoms with Crippen molar-refractivity contribution >= 4 is 38.9 Å². The number of nitrogens with one attached hydrogen (secondary N) is 1. The van der Waals surface area contributed by atoms with E-state index in [0.29, 0.717) is 28.2 Å². The number of halogens is 1. The van der Waals surface area contributed by atoms with Crippen LogP contribution in [0.15, 0.2) is 22.7 Å². The molecule has 0 aliphatic rings. The lowest BCUT2D eigenvalue weighted by atomic mass is 10.1. The van der Waals surface area contributed by atoms with Gasteiger partial charge in [-0.1, -0.05) is 6.07 Å². The number of rotatable bonds is 3. The Morgan fingerprint density at radius 2 is 1.94 bits per heavy atom. The zero-order valence-corrected chi connectivity index (χ0v) is 20.3. The van der Waals surface area contributed by atoms with Crippen LogP contribution in [0.25, 0.3) is 16.7 Å². The summed E-state index contributed by atoms with van der Waals surface area (Å²) in [4.78, 5) is 17.4. The Balaban J connectivity index is 2.41. The summed E-state index contributed by atoms with van der Waals surface area (Å²) in [5, 5.41) is 13.4. The van der Waals surface area contributed by atoms with Crippen LogP contribution in [-0.2, 0) is 4.74 Å². The summed E-state index contributed by atoms with van der Waals surface area (Å²) in [5.74, 6) is 0.995. The van der Waals surface area contributed by atoms with Crippen molar-refractivity contribution in [2.75, 3.05) is 12.4 Å². The maximum Gasteiger partial charge on any atom is 0.413 e. The van der Waals surface area contributed by atoms with Crippen LogP contribution >= 0.6 is 15.9 Å². The van der Waals surface area contributed by atoms with Crippen molar-refractivity contribution in [3.8, 4) is 17.5 Å². The molecule has 1 N–H and O–H groups in total. The van der Waals surface area contributed by atoms with Gasteiger partial charge in [-0.2, -0.15) is 5.26 Å². The molecule has 8 heteroatoms. The Bertz CT molecular complexity index is 1230. The molecular weight excluding hydrogens is 460 g/mol. The highest BCUT2D eigenvalue weighted by molar-refractivity contribution is 9.10. The van der Waals surface area contributed by atoms with Crippen LogP contribution in [0, 0.1) is 32.1 Å². The molecule has 0 saturated carbocycles. The van der Waals surface area contributed by atoms with Gasteiger partial charge in [0.25, 0.3) is 0 Å². The highest BCUT2D eigenvalue weighted by Crippen LogP contribution is 2.38. The number of hydrogen-bond acceptors (Lipinski definition) is 5. The van der Waals surface area contributed by atoms with E-state index in [9.17, 15) is 10.1 Å². The molecule has 0 spiro atoms. The quantitative estimate of drug-likeness (QED) is 0.496. The maximum atomic E-state index is 12.7.